The van der Waals surface area contributed by atoms with Gasteiger partial charge in [0.2, 0.25) is 0 Å². The Kier molecular flexibility index (Phi) is 5.45. The van der Waals surface area contributed by atoms with E-state index in [0.717, 1.165) is 12.2 Å². The minimum atomic E-state index is 0.193. The molecule has 0 fully saturated rings. The molecule has 1 aromatic rings. The second kappa shape index (κ2) is 6.38. The molecule has 78 valence electrons. The summed E-state index contributed by atoms with van der Waals surface area (Å²) >= 11 is 3.61. The van der Waals surface area contributed by atoms with E-state index in [1.54, 1.807) is 11.8 Å². The van der Waals surface area contributed by atoms with Crippen LogP contribution in [0.2, 0.25) is 0 Å². The van der Waals surface area contributed by atoms with Crippen LogP contribution >= 0.6 is 23.5 Å². The number of hydrogen-bond donors (Lipinski definition) is 1. The van der Waals surface area contributed by atoms with Gasteiger partial charge in [-0.15, -0.1) is 11.8 Å². The molecule has 0 aliphatic carbocycles. The zero-order chi connectivity index (χ0) is 10.4. The summed E-state index contributed by atoms with van der Waals surface area (Å²) in [5, 5.41) is 0. The molecule has 0 bridgehead atoms. The molecular weight excluding hydrogens is 210 g/mol. The highest BCUT2D eigenvalue weighted by molar-refractivity contribution is 7.98. The van der Waals surface area contributed by atoms with E-state index in [1.165, 1.54) is 10.5 Å². The van der Waals surface area contributed by atoms with Crippen molar-refractivity contribution in [2.45, 2.75) is 17.4 Å². The highest BCUT2D eigenvalue weighted by atomic mass is 32.2. The van der Waals surface area contributed by atoms with Crippen LogP contribution in [0.4, 0.5) is 0 Å². The van der Waals surface area contributed by atoms with E-state index < -0.39 is 0 Å². The van der Waals surface area contributed by atoms with Crippen LogP contribution in [0.15, 0.2) is 29.2 Å². The first-order valence-corrected chi connectivity index (χ1v) is 7.28. The van der Waals surface area contributed by atoms with Crippen molar-refractivity contribution in [3.63, 3.8) is 0 Å². The average Bonchev–Trinajstić information content (AvgIpc) is 2.26. The van der Waals surface area contributed by atoms with Crippen LogP contribution in [-0.4, -0.2) is 18.3 Å². The number of hydrogen-bond acceptors (Lipinski definition) is 3. The Labute approximate surface area is 94.8 Å². The van der Waals surface area contributed by atoms with E-state index in [9.17, 15) is 0 Å². The monoisotopic (exact) mass is 227 g/mol. The molecule has 1 aromatic carbocycles. The van der Waals surface area contributed by atoms with E-state index in [4.69, 9.17) is 5.73 Å². The Morgan fingerprint density at radius 3 is 2.36 bits per heavy atom. The fraction of sp³-hybridized carbons (Fsp3) is 0.455. The van der Waals surface area contributed by atoms with Crippen LogP contribution in [0, 0.1) is 0 Å². The average molecular weight is 227 g/mol. The van der Waals surface area contributed by atoms with Gasteiger partial charge in [0.1, 0.15) is 0 Å². The molecule has 0 aliphatic rings. The number of nitrogens with two attached hydrogens (primary N) is 1. The zero-order valence-electron chi connectivity index (χ0n) is 8.69. The number of rotatable bonds is 5. The number of benzene rings is 1. The molecule has 1 atom stereocenters. The Bertz CT molecular complexity index is 258. The van der Waals surface area contributed by atoms with Crippen molar-refractivity contribution in [1.29, 1.82) is 0 Å². The predicted octanol–water partition coefficient (Wildman–Crippen LogP) is 3.16. The minimum Gasteiger partial charge on any atom is -0.324 e. The summed E-state index contributed by atoms with van der Waals surface area (Å²) < 4.78 is 0. The van der Waals surface area contributed by atoms with Gasteiger partial charge in [0, 0.05) is 10.9 Å². The van der Waals surface area contributed by atoms with Gasteiger partial charge in [-0.05, 0) is 42.4 Å². The van der Waals surface area contributed by atoms with Crippen molar-refractivity contribution in [1.82, 2.24) is 0 Å². The molecular formula is C11H17NS2. The molecule has 0 aromatic heterocycles. The molecule has 1 nitrogen and oxygen atoms in total. The molecule has 3 heteroatoms. The fourth-order valence-corrected chi connectivity index (χ4v) is 2.16. The van der Waals surface area contributed by atoms with Gasteiger partial charge in [-0.1, -0.05) is 12.1 Å². The first-order valence-electron chi connectivity index (χ1n) is 4.66. The normalized spacial score (nSPS) is 12.8. The lowest BCUT2D eigenvalue weighted by Gasteiger charge is -2.11. The predicted molar refractivity (Wildman–Crippen MR) is 68.2 cm³/mol. The number of thioether (sulfide) groups is 2. The fourth-order valence-electron chi connectivity index (χ4n) is 1.26. The van der Waals surface area contributed by atoms with Gasteiger partial charge in [-0.25, -0.2) is 0 Å². The van der Waals surface area contributed by atoms with Crippen LogP contribution in [0.1, 0.15) is 18.0 Å². The maximum Gasteiger partial charge on any atom is 0.0302 e. The topological polar surface area (TPSA) is 26.0 Å². The quantitative estimate of drug-likeness (QED) is 0.783. The lowest BCUT2D eigenvalue weighted by Crippen LogP contribution is -2.10. The van der Waals surface area contributed by atoms with Crippen molar-refractivity contribution in [3.05, 3.63) is 29.8 Å². The van der Waals surface area contributed by atoms with Gasteiger partial charge < -0.3 is 5.73 Å². The third-order valence-electron chi connectivity index (χ3n) is 2.18. The van der Waals surface area contributed by atoms with Gasteiger partial charge in [0.15, 0.2) is 0 Å². The summed E-state index contributed by atoms with van der Waals surface area (Å²) in [4.78, 5) is 1.30. The Hall–Kier alpha value is -0.120. The van der Waals surface area contributed by atoms with Crippen LogP contribution in [-0.2, 0) is 0 Å². The molecule has 0 amide bonds. The highest BCUT2D eigenvalue weighted by Crippen LogP contribution is 2.20. The third kappa shape index (κ3) is 3.56. The van der Waals surface area contributed by atoms with Gasteiger partial charge in [-0.2, -0.15) is 11.8 Å². The summed E-state index contributed by atoms with van der Waals surface area (Å²) in [7, 11) is 0. The summed E-state index contributed by atoms with van der Waals surface area (Å²) in [6, 6.07) is 8.74. The van der Waals surface area contributed by atoms with Crippen LogP contribution < -0.4 is 5.73 Å². The van der Waals surface area contributed by atoms with Crippen molar-refractivity contribution < 1.29 is 0 Å². The lowest BCUT2D eigenvalue weighted by atomic mass is 10.1. The minimum absolute atomic E-state index is 0.193. The molecule has 0 heterocycles. The standard InChI is InChI=1S/C11H17NS2/c1-13-8-7-11(12)9-3-5-10(14-2)6-4-9/h3-6,11H,7-8,12H2,1-2H3. The largest absolute Gasteiger partial charge is 0.324 e. The van der Waals surface area contributed by atoms with E-state index in [2.05, 4.69) is 36.8 Å². The molecule has 1 rings (SSSR count). The summed E-state index contributed by atoms with van der Waals surface area (Å²) in [5.41, 5.74) is 7.30. The Morgan fingerprint density at radius 1 is 1.21 bits per heavy atom. The van der Waals surface area contributed by atoms with Crippen molar-refractivity contribution in [2.24, 2.45) is 5.73 Å². The maximum atomic E-state index is 6.05. The van der Waals surface area contributed by atoms with Crippen molar-refractivity contribution >= 4 is 23.5 Å². The van der Waals surface area contributed by atoms with E-state index in [0.29, 0.717) is 0 Å². The first kappa shape index (κ1) is 12.0. The maximum absolute atomic E-state index is 6.05. The van der Waals surface area contributed by atoms with Gasteiger partial charge in [0.25, 0.3) is 0 Å². The third-order valence-corrected chi connectivity index (χ3v) is 3.56. The summed E-state index contributed by atoms with van der Waals surface area (Å²) in [5.74, 6) is 1.13. The Morgan fingerprint density at radius 2 is 1.86 bits per heavy atom. The SMILES string of the molecule is CSCCC(N)c1ccc(SC)cc1. The van der Waals surface area contributed by atoms with Crippen LogP contribution in [0.3, 0.4) is 0 Å². The van der Waals surface area contributed by atoms with Gasteiger partial charge in [0.05, 0.1) is 0 Å². The second-order valence-corrected chi connectivity index (χ2v) is 5.03. The summed E-state index contributed by atoms with van der Waals surface area (Å²) in [6.45, 7) is 0. The molecule has 0 aliphatic heterocycles. The molecule has 0 radical (unpaired) electrons. The first-order chi connectivity index (χ1) is 6.77. The lowest BCUT2D eigenvalue weighted by molar-refractivity contribution is 0.705. The van der Waals surface area contributed by atoms with Crippen LogP contribution in [0.5, 0.6) is 0 Å². The molecule has 0 saturated heterocycles. The smallest absolute Gasteiger partial charge is 0.0302 e. The zero-order valence-corrected chi connectivity index (χ0v) is 10.3. The molecule has 0 saturated carbocycles. The molecule has 14 heavy (non-hydrogen) atoms. The summed E-state index contributed by atoms with van der Waals surface area (Å²) in [6.07, 6.45) is 5.26. The van der Waals surface area contributed by atoms with Crippen molar-refractivity contribution in [3.8, 4) is 0 Å². The molecule has 0 spiro atoms. The Balaban J connectivity index is 2.57. The van der Waals surface area contributed by atoms with E-state index in [1.807, 2.05) is 11.8 Å². The molecule has 1 unspecified atom stereocenters. The van der Waals surface area contributed by atoms with E-state index >= 15 is 0 Å². The second-order valence-electron chi connectivity index (χ2n) is 3.16. The van der Waals surface area contributed by atoms with Crippen molar-refractivity contribution in [2.75, 3.05) is 18.3 Å². The highest BCUT2D eigenvalue weighted by Gasteiger charge is 2.04. The van der Waals surface area contributed by atoms with Gasteiger partial charge in [-0.3, -0.25) is 0 Å². The van der Waals surface area contributed by atoms with Crippen LogP contribution in [0.25, 0.3) is 0 Å². The van der Waals surface area contributed by atoms with Gasteiger partial charge >= 0.3 is 0 Å². The van der Waals surface area contributed by atoms with E-state index in [-0.39, 0.29) is 6.04 Å². The molecule has 2 N–H and O–H groups in total.